The number of ether oxygens (including phenoxy) is 2. The lowest BCUT2D eigenvalue weighted by atomic mass is 10.2. The zero-order valence-corrected chi connectivity index (χ0v) is 10.6. The van der Waals surface area contributed by atoms with Crippen LogP contribution in [0.5, 0.6) is 0 Å². The summed E-state index contributed by atoms with van der Waals surface area (Å²) in [6, 6.07) is -0.680. The molecule has 98 valence electrons. The zero-order chi connectivity index (χ0) is 13.5. The third-order valence-corrected chi connectivity index (χ3v) is 2.51. The number of cyclic esters (lactones) is 1. The maximum Gasteiger partial charge on any atom is 0.411 e. The van der Waals surface area contributed by atoms with Crippen molar-refractivity contribution >= 4 is 12.1 Å². The molecule has 0 radical (unpaired) electrons. The Morgan fingerprint density at radius 1 is 1.67 bits per heavy atom. The molecule has 0 aromatic carbocycles. The van der Waals surface area contributed by atoms with E-state index >= 15 is 0 Å². The van der Waals surface area contributed by atoms with Gasteiger partial charge in [0.1, 0.15) is 6.61 Å². The van der Waals surface area contributed by atoms with Crippen molar-refractivity contribution in [3.05, 3.63) is 36.5 Å². The first-order valence-corrected chi connectivity index (χ1v) is 5.59. The molecule has 0 saturated carbocycles. The lowest BCUT2D eigenvalue weighted by Gasteiger charge is -2.19. The third-order valence-electron chi connectivity index (χ3n) is 2.51. The zero-order valence-electron chi connectivity index (χ0n) is 10.6. The van der Waals surface area contributed by atoms with Crippen molar-refractivity contribution < 1.29 is 19.1 Å². The van der Waals surface area contributed by atoms with Crippen molar-refractivity contribution in [2.45, 2.75) is 13.0 Å². The summed E-state index contributed by atoms with van der Waals surface area (Å²) in [4.78, 5) is 24.4. The van der Waals surface area contributed by atoms with Crippen LogP contribution in [0, 0.1) is 0 Å². The smallest absolute Gasteiger partial charge is 0.411 e. The van der Waals surface area contributed by atoms with Gasteiger partial charge in [-0.2, -0.15) is 0 Å². The highest BCUT2D eigenvalue weighted by Crippen LogP contribution is 2.16. The van der Waals surface area contributed by atoms with Gasteiger partial charge in [0.25, 0.3) is 0 Å². The van der Waals surface area contributed by atoms with E-state index in [-0.39, 0.29) is 13.2 Å². The summed E-state index contributed by atoms with van der Waals surface area (Å²) >= 11 is 0. The second kappa shape index (κ2) is 6.64. The highest BCUT2D eigenvalue weighted by molar-refractivity contribution is 5.84. The molecule has 1 aliphatic rings. The minimum absolute atomic E-state index is 0.0305. The first-order chi connectivity index (χ1) is 8.63. The van der Waals surface area contributed by atoms with E-state index in [2.05, 4.69) is 11.3 Å². The van der Waals surface area contributed by atoms with E-state index in [0.29, 0.717) is 0 Å². The maximum absolute atomic E-state index is 11.6. The maximum atomic E-state index is 11.6. The van der Waals surface area contributed by atoms with Crippen LogP contribution in [0.2, 0.25) is 0 Å². The van der Waals surface area contributed by atoms with Gasteiger partial charge in [-0.1, -0.05) is 30.9 Å². The van der Waals surface area contributed by atoms with Crippen LogP contribution in [0.4, 0.5) is 4.79 Å². The van der Waals surface area contributed by atoms with E-state index < -0.39 is 18.1 Å². The molecule has 5 heteroatoms. The molecule has 18 heavy (non-hydrogen) atoms. The van der Waals surface area contributed by atoms with E-state index in [1.54, 1.807) is 12.2 Å². The number of hydrogen-bond acceptors (Lipinski definition) is 4. The highest BCUT2D eigenvalue weighted by atomic mass is 16.6. The summed E-state index contributed by atoms with van der Waals surface area (Å²) in [5.41, 5.74) is 0.861. The first-order valence-electron chi connectivity index (χ1n) is 5.59. The fraction of sp³-hybridized carbons (Fsp3) is 0.385. The number of hydrogen-bond donors (Lipinski definition) is 0. The Labute approximate surface area is 106 Å². The molecule has 5 nitrogen and oxygen atoms in total. The van der Waals surface area contributed by atoms with Crippen molar-refractivity contribution in [3.8, 4) is 0 Å². The number of methoxy groups -OCH3 is 1. The molecule has 0 aliphatic carbocycles. The molecule has 1 heterocycles. The molecule has 1 amide bonds. The van der Waals surface area contributed by atoms with Gasteiger partial charge in [-0.3, -0.25) is 4.90 Å². The minimum Gasteiger partial charge on any atom is -0.467 e. The average Bonchev–Trinajstić information content (AvgIpc) is 2.71. The molecule has 1 fully saturated rings. The van der Waals surface area contributed by atoms with Crippen LogP contribution < -0.4 is 0 Å². The molecule has 0 bridgehead atoms. The summed E-state index contributed by atoms with van der Waals surface area (Å²) < 4.78 is 9.51. The van der Waals surface area contributed by atoms with Crippen LogP contribution in [-0.4, -0.2) is 43.3 Å². The molecular weight excluding hydrogens is 234 g/mol. The van der Waals surface area contributed by atoms with Gasteiger partial charge in [0, 0.05) is 0 Å². The number of allylic oxidation sites excluding steroid dienone is 3. The van der Waals surface area contributed by atoms with Crippen LogP contribution in [-0.2, 0) is 14.3 Å². The lowest BCUT2D eigenvalue weighted by Crippen LogP contribution is -2.41. The molecule has 1 aliphatic heterocycles. The Morgan fingerprint density at radius 3 is 2.94 bits per heavy atom. The Balaban J connectivity index is 2.84. The fourth-order valence-corrected chi connectivity index (χ4v) is 1.68. The topological polar surface area (TPSA) is 55.8 Å². The van der Waals surface area contributed by atoms with Gasteiger partial charge in [-0.05, 0) is 12.5 Å². The van der Waals surface area contributed by atoms with Crippen molar-refractivity contribution in [3.63, 3.8) is 0 Å². The Morgan fingerprint density at radius 2 is 2.39 bits per heavy atom. The van der Waals surface area contributed by atoms with E-state index in [1.807, 2.05) is 19.1 Å². The van der Waals surface area contributed by atoms with Gasteiger partial charge in [-0.15, -0.1) is 0 Å². The van der Waals surface area contributed by atoms with E-state index in [9.17, 15) is 9.59 Å². The molecule has 0 aromatic rings. The number of carbonyl (C=O) groups is 2. The molecule has 1 atom stereocenters. The molecule has 0 aromatic heterocycles. The SMILES string of the molecule is C=C/C=C(\C=C/C)CN1C(=O)OCC1C(=O)OC. The van der Waals surface area contributed by atoms with Crippen LogP contribution in [0.25, 0.3) is 0 Å². The van der Waals surface area contributed by atoms with Crippen LogP contribution in [0.15, 0.2) is 36.5 Å². The summed E-state index contributed by atoms with van der Waals surface area (Å²) in [5, 5.41) is 0. The summed E-state index contributed by atoms with van der Waals surface area (Å²) in [7, 11) is 1.29. The van der Waals surface area contributed by atoms with Crippen LogP contribution >= 0.6 is 0 Å². The van der Waals surface area contributed by atoms with Crippen molar-refractivity contribution in [2.24, 2.45) is 0 Å². The van der Waals surface area contributed by atoms with Gasteiger partial charge in [0.15, 0.2) is 6.04 Å². The number of rotatable bonds is 5. The highest BCUT2D eigenvalue weighted by Gasteiger charge is 2.38. The molecule has 0 N–H and O–H groups in total. The standard InChI is InChI=1S/C13H17NO4/c1-4-6-10(7-5-2)8-14-11(12(15)17-3)9-18-13(14)16/h4-7,11H,1,8-9H2,2-3H3/b7-5-,10-6+. The molecule has 1 saturated heterocycles. The van der Waals surface area contributed by atoms with Crippen LogP contribution in [0.3, 0.4) is 0 Å². The number of esters is 1. The van der Waals surface area contributed by atoms with E-state index in [4.69, 9.17) is 4.74 Å². The predicted molar refractivity (Wildman–Crippen MR) is 67.0 cm³/mol. The second-order valence-corrected chi connectivity index (χ2v) is 3.72. The summed E-state index contributed by atoms with van der Waals surface area (Å²) in [5.74, 6) is -0.473. The summed E-state index contributed by atoms with van der Waals surface area (Å²) in [6.07, 6.45) is 6.60. The minimum atomic E-state index is -0.680. The van der Waals surface area contributed by atoms with Gasteiger partial charge in [0.05, 0.1) is 13.7 Å². The molecule has 1 unspecified atom stereocenters. The normalized spacial score (nSPS) is 20.1. The molecular formula is C13H17NO4. The number of nitrogens with zero attached hydrogens (tertiary/aromatic N) is 1. The average molecular weight is 251 g/mol. The monoisotopic (exact) mass is 251 g/mol. The molecule has 0 spiro atoms. The van der Waals surface area contributed by atoms with Crippen molar-refractivity contribution in [1.29, 1.82) is 0 Å². The van der Waals surface area contributed by atoms with Crippen molar-refractivity contribution in [2.75, 3.05) is 20.3 Å². The van der Waals surface area contributed by atoms with Crippen LogP contribution in [0.1, 0.15) is 6.92 Å². The van der Waals surface area contributed by atoms with Gasteiger partial charge in [0.2, 0.25) is 0 Å². The Hall–Kier alpha value is -2.04. The second-order valence-electron chi connectivity index (χ2n) is 3.72. The first kappa shape index (κ1) is 14.0. The number of amides is 1. The molecule has 1 rings (SSSR count). The van der Waals surface area contributed by atoms with Gasteiger partial charge >= 0.3 is 12.1 Å². The Bertz CT molecular complexity index is 398. The Kier molecular flexibility index (Phi) is 5.17. The summed E-state index contributed by atoms with van der Waals surface area (Å²) in [6.45, 7) is 5.80. The van der Waals surface area contributed by atoms with Gasteiger partial charge in [-0.25, -0.2) is 9.59 Å². The quantitative estimate of drug-likeness (QED) is 0.551. The van der Waals surface area contributed by atoms with Crippen molar-refractivity contribution in [1.82, 2.24) is 4.90 Å². The number of carbonyl (C=O) groups excluding carboxylic acids is 2. The predicted octanol–water partition coefficient (Wildman–Crippen LogP) is 1.67. The lowest BCUT2D eigenvalue weighted by molar-refractivity contribution is -0.145. The third kappa shape index (κ3) is 3.23. The van der Waals surface area contributed by atoms with E-state index in [0.717, 1.165) is 5.57 Å². The largest absolute Gasteiger partial charge is 0.467 e. The fourth-order valence-electron chi connectivity index (χ4n) is 1.68. The van der Waals surface area contributed by atoms with Gasteiger partial charge < -0.3 is 9.47 Å². The van der Waals surface area contributed by atoms with E-state index in [1.165, 1.54) is 12.0 Å².